The van der Waals surface area contributed by atoms with Gasteiger partial charge in [0, 0.05) is 24.8 Å². The first kappa shape index (κ1) is 27.5. The van der Waals surface area contributed by atoms with Gasteiger partial charge in [-0.05, 0) is 55.0 Å². The minimum Gasteiger partial charge on any atom is -0.351 e. The Morgan fingerprint density at radius 1 is 0.545 bits per heavy atom. The van der Waals surface area contributed by atoms with Gasteiger partial charge in [-0.15, -0.1) is 0 Å². The number of thiophene rings is 1. The van der Waals surface area contributed by atoms with E-state index in [-0.39, 0.29) is 0 Å². The highest BCUT2D eigenvalue weighted by Crippen LogP contribution is 2.07. The number of aromatic nitrogens is 3. The molecule has 0 atom stereocenters. The number of rotatable bonds is 0. The molecule has 0 saturated heterocycles. The van der Waals surface area contributed by atoms with E-state index in [4.69, 9.17) is 0 Å². The summed E-state index contributed by atoms with van der Waals surface area (Å²) in [5.74, 6) is 0. The molecule has 3 aromatic heterocycles. The lowest BCUT2D eigenvalue weighted by atomic mass is 10.1. The van der Waals surface area contributed by atoms with Crippen LogP contribution in [0, 0.1) is 0 Å². The Bertz CT molecular complexity index is 721. The molecule has 0 aliphatic heterocycles. The third-order valence-electron chi connectivity index (χ3n) is 3.88. The lowest BCUT2D eigenvalue weighted by molar-refractivity contribution is 0.730. The lowest BCUT2D eigenvalue weighted by Crippen LogP contribution is -1.77. The summed E-state index contributed by atoms with van der Waals surface area (Å²) < 4.78 is 0. The predicted molar refractivity (Wildman–Crippen MR) is 144 cm³/mol. The highest BCUT2D eigenvalue weighted by molar-refractivity contribution is 7.07. The largest absolute Gasteiger partial charge is 0.351 e. The Kier molecular flexibility index (Phi) is 20.7. The number of hydrogen-bond acceptors (Lipinski definition) is 3. The average Bonchev–Trinajstić information content (AvgIpc) is 3.76. The SMILES string of the molecule is C1=CCC=C1.C1=CCCCC1.c1c[nH]cn1.c1ccccc1.c1ccncc1.c1ccsc1. The number of imidazole rings is 1. The Morgan fingerprint density at radius 2 is 1.09 bits per heavy atom. The molecule has 172 valence electrons. The fourth-order valence-corrected chi connectivity index (χ4v) is 2.75. The minimum atomic E-state index is 1.14. The number of nitrogens with zero attached hydrogens (tertiary/aromatic N) is 2. The van der Waals surface area contributed by atoms with Gasteiger partial charge in [0.15, 0.2) is 0 Å². The zero-order chi connectivity index (χ0) is 23.3. The molecule has 0 fully saturated rings. The van der Waals surface area contributed by atoms with Crippen molar-refractivity contribution in [3.05, 3.63) is 145 Å². The second kappa shape index (κ2) is 24.8. The number of pyridine rings is 1. The number of aromatic amines is 1. The van der Waals surface area contributed by atoms with E-state index in [2.05, 4.69) is 51.4 Å². The standard InChI is InChI=1S/C6H10.C6H6.C5H5N.C5H6.C4H4S.C3H4N2/c3*1-2-4-6-5-3-1;2*1-2-4-5-3-1;1-2-5-3-4-1/h1-2H,3-6H2;1-6H;1-5H;1-4H,5H2;1-4H;1-3H,(H,4,5). The number of hydrogen-bond donors (Lipinski definition) is 1. The van der Waals surface area contributed by atoms with Crippen molar-refractivity contribution in [3.63, 3.8) is 0 Å². The van der Waals surface area contributed by atoms with Crippen LogP contribution in [0.5, 0.6) is 0 Å². The summed E-state index contributed by atoms with van der Waals surface area (Å²) in [6.45, 7) is 0. The van der Waals surface area contributed by atoms with Crippen LogP contribution in [0.3, 0.4) is 0 Å². The van der Waals surface area contributed by atoms with Crippen molar-refractivity contribution < 1.29 is 0 Å². The van der Waals surface area contributed by atoms with Gasteiger partial charge in [0.25, 0.3) is 0 Å². The van der Waals surface area contributed by atoms with Crippen LogP contribution in [-0.2, 0) is 0 Å². The van der Waals surface area contributed by atoms with Gasteiger partial charge in [0.1, 0.15) is 0 Å². The van der Waals surface area contributed by atoms with E-state index in [0.29, 0.717) is 0 Å². The lowest BCUT2D eigenvalue weighted by Gasteiger charge is -1.97. The van der Waals surface area contributed by atoms with E-state index >= 15 is 0 Å². The molecule has 33 heavy (non-hydrogen) atoms. The Hall–Kier alpha value is -3.50. The fraction of sp³-hybridized carbons (Fsp3) is 0.172. The van der Waals surface area contributed by atoms with Crippen molar-refractivity contribution >= 4 is 11.3 Å². The minimum absolute atomic E-state index is 1.14. The summed E-state index contributed by atoms with van der Waals surface area (Å²) in [5.41, 5.74) is 0. The molecule has 0 spiro atoms. The summed E-state index contributed by atoms with van der Waals surface area (Å²) in [6.07, 6.45) is 28.1. The molecule has 0 saturated carbocycles. The second-order valence-corrected chi connectivity index (χ2v) is 7.40. The molecule has 3 heterocycles. The molecule has 0 amide bonds. The van der Waals surface area contributed by atoms with Crippen LogP contribution in [0.4, 0.5) is 0 Å². The topological polar surface area (TPSA) is 41.6 Å². The molecular weight excluding hydrogens is 422 g/mol. The Labute approximate surface area is 203 Å². The van der Waals surface area contributed by atoms with Gasteiger partial charge < -0.3 is 4.98 Å². The fourth-order valence-electron chi connectivity index (χ4n) is 2.29. The molecule has 0 unspecified atom stereocenters. The van der Waals surface area contributed by atoms with Crippen LogP contribution >= 0.6 is 11.3 Å². The van der Waals surface area contributed by atoms with E-state index in [1.54, 1.807) is 42.5 Å². The molecule has 0 bridgehead atoms. The molecule has 4 aromatic rings. The van der Waals surface area contributed by atoms with Crippen molar-refractivity contribution in [2.24, 2.45) is 0 Å². The van der Waals surface area contributed by atoms with Gasteiger partial charge in [-0.1, -0.05) is 91.1 Å². The highest BCUT2D eigenvalue weighted by atomic mass is 32.1. The summed E-state index contributed by atoms with van der Waals surface area (Å²) in [6, 6.07) is 21.8. The number of H-pyrrole nitrogens is 1. The molecule has 4 heteroatoms. The van der Waals surface area contributed by atoms with E-state index in [1.165, 1.54) is 25.7 Å². The van der Waals surface area contributed by atoms with Crippen LogP contribution in [0.25, 0.3) is 0 Å². The number of benzene rings is 1. The summed E-state index contributed by atoms with van der Waals surface area (Å²) >= 11 is 1.71. The first-order chi connectivity index (χ1) is 16.5. The van der Waals surface area contributed by atoms with Crippen LogP contribution < -0.4 is 0 Å². The van der Waals surface area contributed by atoms with Gasteiger partial charge in [-0.2, -0.15) is 11.3 Å². The summed E-state index contributed by atoms with van der Waals surface area (Å²) in [7, 11) is 0. The maximum Gasteiger partial charge on any atom is 0.0919 e. The van der Waals surface area contributed by atoms with Crippen molar-refractivity contribution in [1.82, 2.24) is 15.0 Å². The third kappa shape index (κ3) is 23.0. The molecular formula is C29H35N3S. The van der Waals surface area contributed by atoms with Crippen molar-refractivity contribution in [2.45, 2.75) is 32.1 Å². The van der Waals surface area contributed by atoms with Crippen LogP contribution in [-0.4, -0.2) is 15.0 Å². The van der Waals surface area contributed by atoms with E-state index in [0.717, 1.165) is 6.42 Å². The quantitative estimate of drug-likeness (QED) is 0.269. The van der Waals surface area contributed by atoms with E-state index < -0.39 is 0 Å². The van der Waals surface area contributed by atoms with E-state index in [9.17, 15) is 0 Å². The number of allylic oxidation sites excluding steroid dienone is 6. The molecule has 6 rings (SSSR count). The van der Waals surface area contributed by atoms with Gasteiger partial charge in [-0.3, -0.25) is 4.98 Å². The Morgan fingerprint density at radius 3 is 1.27 bits per heavy atom. The first-order valence-electron chi connectivity index (χ1n) is 11.2. The maximum absolute atomic E-state index is 3.78. The van der Waals surface area contributed by atoms with Gasteiger partial charge in [0.2, 0.25) is 0 Å². The molecule has 1 N–H and O–H groups in total. The van der Waals surface area contributed by atoms with Crippen molar-refractivity contribution in [3.8, 4) is 0 Å². The average molecular weight is 458 g/mol. The van der Waals surface area contributed by atoms with Gasteiger partial charge in [0.05, 0.1) is 6.33 Å². The molecule has 3 nitrogen and oxygen atoms in total. The molecule has 1 aromatic carbocycles. The van der Waals surface area contributed by atoms with Gasteiger partial charge in [-0.25, -0.2) is 4.98 Å². The summed E-state index contributed by atoms with van der Waals surface area (Å²) in [5, 5.41) is 4.08. The van der Waals surface area contributed by atoms with Gasteiger partial charge >= 0.3 is 0 Å². The van der Waals surface area contributed by atoms with Crippen molar-refractivity contribution in [1.29, 1.82) is 0 Å². The van der Waals surface area contributed by atoms with Crippen molar-refractivity contribution in [2.75, 3.05) is 0 Å². The van der Waals surface area contributed by atoms with Crippen LogP contribution in [0.2, 0.25) is 0 Å². The second-order valence-electron chi connectivity index (χ2n) is 6.58. The molecule has 2 aliphatic rings. The third-order valence-corrected chi connectivity index (χ3v) is 4.51. The number of nitrogens with one attached hydrogen (secondary N) is 1. The molecule has 0 radical (unpaired) electrons. The normalized spacial score (nSPS) is 11.9. The van der Waals surface area contributed by atoms with Crippen LogP contribution in [0.15, 0.2) is 145 Å². The highest BCUT2D eigenvalue weighted by Gasteiger charge is 1.87. The first-order valence-corrected chi connectivity index (χ1v) is 12.2. The zero-order valence-electron chi connectivity index (χ0n) is 19.2. The molecule has 2 aliphatic carbocycles. The van der Waals surface area contributed by atoms with Crippen LogP contribution in [0.1, 0.15) is 32.1 Å². The van der Waals surface area contributed by atoms with E-state index in [1.807, 2.05) is 77.5 Å². The summed E-state index contributed by atoms with van der Waals surface area (Å²) in [4.78, 5) is 10.2. The maximum atomic E-state index is 3.78. The Balaban J connectivity index is 0.000000198. The zero-order valence-corrected chi connectivity index (χ0v) is 20.0. The predicted octanol–water partition coefficient (Wildman–Crippen LogP) is 8.55. The smallest absolute Gasteiger partial charge is 0.0919 e. The monoisotopic (exact) mass is 457 g/mol.